The SMILES string of the molecule is COC(=O)[C@H]1CCC[C@H]1S(=O)(=O)c1ccc(C)nc1O[C@H](C)CCCCO[Si](c1ccccc1)(c1ccccc1)C(C)(C)C. The van der Waals surface area contributed by atoms with Gasteiger partial charge >= 0.3 is 5.97 Å². The first-order valence-corrected chi connectivity index (χ1v) is 19.1. The van der Waals surface area contributed by atoms with Gasteiger partial charge in [0.15, 0.2) is 9.84 Å². The molecule has 3 atom stereocenters. The maximum absolute atomic E-state index is 13.7. The van der Waals surface area contributed by atoms with Crippen molar-refractivity contribution in [2.45, 2.75) is 94.4 Å². The third-order valence-corrected chi connectivity index (χ3v) is 16.0. The van der Waals surface area contributed by atoms with Crippen LogP contribution < -0.4 is 15.1 Å². The molecule has 0 N–H and O–H groups in total. The first-order chi connectivity index (χ1) is 20.9. The first kappa shape index (κ1) is 33.9. The summed E-state index contributed by atoms with van der Waals surface area (Å²) in [5.41, 5.74) is 0.667. The predicted octanol–water partition coefficient (Wildman–Crippen LogP) is 6.02. The van der Waals surface area contributed by atoms with Crippen molar-refractivity contribution < 1.29 is 27.1 Å². The minimum Gasteiger partial charge on any atom is -0.474 e. The molecule has 238 valence electrons. The Morgan fingerprint density at radius 3 is 2.14 bits per heavy atom. The lowest BCUT2D eigenvalue weighted by atomic mass is 10.1. The number of nitrogens with zero attached hydrogens (tertiary/aromatic N) is 1. The van der Waals surface area contributed by atoms with Gasteiger partial charge in [0.25, 0.3) is 8.32 Å². The van der Waals surface area contributed by atoms with Crippen molar-refractivity contribution in [3.8, 4) is 5.88 Å². The molecule has 1 aliphatic carbocycles. The van der Waals surface area contributed by atoms with Crippen LogP contribution in [0.1, 0.15) is 71.9 Å². The molecule has 44 heavy (non-hydrogen) atoms. The number of pyridine rings is 1. The molecule has 0 saturated heterocycles. The summed E-state index contributed by atoms with van der Waals surface area (Å²) >= 11 is 0. The second kappa shape index (κ2) is 14.4. The molecule has 0 aliphatic heterocycles. The van der Waals surface area contributed by atoms with Crippen LogP contribution in [-0.4, -0.2) is 52.8 Å². The average Bonchev–Trinajstić information content (AvgIpc) is 3.50. The summed E-state index contributed by atoms with van der Waals surface area (Å²) in [6.07, 6.45) is 3.72. The van der Waals surface area contributed by atoms with Gasteiger partial charge in [0.1, 0.15) is 4.90 Å². The van der Waals surface area contributed by atoms with Gasteiger partial charge in [0.05, 0.1) is 24.4 Å². The van der Waals surface area contributed by atoms with Crippen LogP contribution in [0.2, 0.25) is 5.04 Å². The Morgan fingerprint density at radius 2 is 1.57 bits per heavy atom. The molecule has 0 spiro atoms. The predicted molar refractivity (Wildman–Crippen MR) is 177 cm³/mol. The molecule has 1 heterocycles. The van der Waals surface area contributed by atoms with Crippen LogP contribution in [0.4, 0.5) is 0 Å². The number of methoxy groups -OCH3 is 1. The van der Waals surface area contributed by atoms with E-state index in [0.29, 0.717) is 38.0 Å². The number of benzene rings is 2. The number of hydrogen-bond donors (Lipinski definition) is 0. The third kappa shape index (κ3) is 7.27. The van der Waals surface area contributed by atoms with Gasteiger partial charge in [-0.05, 0) is 73.5 Å². The zero-order valence-corrected chi connectivity index (χ0v) is 28.7. The topological polar surface area (TPSA) is 91.8 Å². The fourth-order valence-electron chi connectivity index (χ4n) is 6.47. The summed E-state index contributed by atoms with van der Waals surface area (Å²) in [6, 6.07) is 24.5. The summed E-state index contributed by atoms with van der Waals surface area (Å²) in [4.78, 5) is 16.8. The van der Waals surface area contributed by atoms with Crippen LogP contribution in [0.15, 0.2) is 77.7 Å². The van der Waals surface area contributed by atoms with Crippen LogP contribution in [0, 0.1) is 12.8 Å². The van der Waals surface area contributed by atoms with Gasteiger partial charge in [0.2, 0.25) is 5.88 Å². The number of carbonyl (C=O) groups is 1. The molecule has 7 nitrogen and oxygen atoms in total. The first-order valence-electron chi connectivity index (χ1n) is 15.6. The van der Waals surface area contributed by atoms with Gasteiger partial charge in [-0.1, -0.05) is 87.9 Å². The minimum absolute atomic E-state index is 0.0470. The maximum atomic E-state index is 13.7. The van der Waals surface area contributed by atoms with Crippen molar-refractivity contribution >= 4 is 34.5 Å². The largest absolute Gasteiger partial charge is 0.474 e. The lowest BCUT2D eigenvalue weighted by molar-refractivity contribution is -0.145. The molecule has 9 heteroatoms. The summed E-state index contributed by atoms with van der Waals surface area (Å²) in [7, 11) is -5.15. The number of unbranched alkanes of at least 4 members (excludes halogenated alkanes) is 1. The second-order valence-corrected chi connectivity index (χ2v) is 19.3. The van der Waals surface area contributed by atoms with E-state index >= 15 is 0 Å². The van der Waals surface area contributed by atoms with E-state index in [1.165, 1.54) is 17.5 Å². The zero-order chi connectivity index (χ0) is 32.0. The number of aromatic nitrogens is 1. The highest BCUT2D eigenvalue weighted by Gasteiger charge is 2.50. The highest BCUT2D eigenvalue weighted by molar-refractivity contribution is 7.92. The van der Waals surface area contributed by atoms with Gasteiger partial charge in [0, 0.05) is 12.3 Å². The Kier molecular flexibility index (Phi) is 11.1. The summed E-state index contributed by atoms with van der Waals surface area (Å²) < 4.78 is 45.6. The number of sulfone groups is 1. The summed E-state index contributed by atoms with van der Waals surface area (Å²) in [6.45, 7) is 11.2. The van der Waals surface area contributed by atoms with Gasteiger partial charge in [-0.3, -0.25) is 4.79 Å². The lowest BCUT2D eigenvalue weighted by Gasteiger charge is -2.43. The fraction of sp³-hybridized carbons (Fsp3) is 0.486. The van der Waals surface area contributed by atoms with Crippen molar-refractivity contribution in [3.63, 3.8) is 0 Å². The van der Waals surface area contributed by atoms with Crippen molar-refractivity contribution in [1.29, 1.82) is 0 Å². The Hall–Kier alpha value is -3.01. The van der Waals surface area contributed by atoms with Crippen molar-refractivity contribution in [2.75, 3.05) is 13.7 Å². The molecule has 0 radical (unpaired) electrons. The quantitative estimate of drug-likeness (QED) is 0.129. The molecule has 4 rings (SSSR count). The van der Waals surface area contributed by atoms with Gasteiger partial charge in [-0.25, -0.2) is 13.4 Å². The number of aryl methyl sites for hydroxylation is 1. The highest BCUT2D eigenvalue weighted by atomic mass is 32.2. The van der Waals surface area contributed by atoms with E-state index in [9.17, 15) is 13.2 Å². The number of ether oxygens (including phenoxy) is 2. The van der Waals surface area contributed by atoms with E-state index in [4.69, 9.17) is 13.9 Å². The Morgan fingerprint density at radius 1 is 0.955 bits per heavy atom. The lowest BCUT2D eigenvalue weighted by Crippen LogP contribution is -2.66. The molecule has 1 aliphatic rings. The van der Waals surface area contributed by atoms with Crippen LogP contribution in [0.3, 0.4) is 0 Å². The van der Waals surface area contributed by atoms with E-state index in [1.807, 2.05) is 26.0 Å². The number of esters is 1. The average molecular weight is 638 g/mol. The Bertz CT molecular complexity index is 1450. The van der Waals surface area contributed by atoms with E-state index in [1.54, 1.807) is 12.1 Å². The number of carbonyl (C=O) groups excluding carboxylic acids is 1. The van der Waals surface area contributed by atoms with Crippen molar-refractivity contribution in [2.24, 2.45) is 5.92 Å². The molecular formula is C35H47NO6SSi. The Balaban J connectivity index is 1.44. The Labute approximate surface area is 264 Å². The molecule has 1 fully saturated rings. The molecule has 0 unspecified atom stereocenters. The molecule has 1 saturated carbocycles. The van der Waals surface area contributed by atoms with E-state index in [-0.39, 0.29) is 21.9 Å². The monoisotopic (exact) mass is 637 g/mol. The number of hydrogen-bond acceptors (Lipinski definition) is 7. The second-order valence-electron chi connectivity index (χ2n) is 12.8. The standard InChI is InChI=1S/C35H47NO6SSi/c1-26-23-24-32(43(38,39)31-22-15-21-30(31)34(37)40-6)33(36-26)42-27(2)16-13-14-25-41-44(35(3,4)5,28-17-9-7-10-18-28)29-19-11-8-12-20-29/h7-12,17-20,23-24,27,30-31H,13-16,21-22,25H2,1-6H3/t27-,30+,31-/m1/s1. The number of rotatable bonds is 13. The smallest absolute Gasteiger partial charge is 0.309 e. The van der Waals surface area contributed by atoms with E-state index < -0.39 is 35.3 Å². The summed E-state index contributed by atoms with van der Waals surface area (Å²) in [5, 5.41) is 1.59. The molecule has 2 aromatic carbocycles. The van der Waals surface area contributed by atoms with Gasteiger partial charge in [-0.15, -0.1) is 0 Å². The van der Waals surface area contributed by atoms with Crippen LogP contribution in [0.25, 0.3) is 0 Å². The van der Waals surface area contributed by atoms with Gasteiger partial charge < -0.3 is 13.9 Å². The van der Waals surface area contributed by atoms with Crippen LogP contribution in [0.5, 0.6) is 5.88 Å². The summed E-state index contributed by atoms with van der Waals surface area (Å²) in [5.74, 6) is -1.05. The zero-order valence-electron chi connectivity index (χ0n) is 26.9. The molecule has 0 amide bonds. The van der Waals surface area contributed by atoms with Crippen LogP contribution >= 0.6 is 0 Å². The van der Waals surface area contributed by atoms with E-state index in [2.05, 4.69) is 74.3 Å². The molecule has 0 bridgehead atoms. The maximum Gasteiger partial charge on any atom is 0.309 e. The van der Waals surface area contributed by atoms with Crippen molar-refractivity contribution in [1.82, 2.24) is 4.98 Å². The minimum atomic E-state index is -3.85. The van der Waals surface area contributed by atoms with Crippen LogP contribution in [-0.2, 0) is 23.8 Å². The van der Waals surface area contributed by atoms with Gasteiger partial charge in [-0.2, -0.15) is 0 Å². The molecule has 1 aromatic heterocycles. The third-order valence-electron chi connectivity index (χ3n) is 8.68. The van der Waals surface area contributed by atoms with E-state index in [0.717, 1.165) is 12.8 Å². The molecular weight excluding hydrogens is 591 g/mol. The fourth-order valence-corrected chi connectivity index (χ4v) is 13.2. The van der Waals surface area contributed by atoms with Crippen molar-refractivity contribution in [3.05, 3.63) is 78.5 Å². The normalized spacial score (nSPS) is 18.1. The highest BCUT2D eigenvalue weighted by Crippen LogP contribution is 2.39. The molecule has 3 aromatic rings.